The maximum Gasteiger partial charge on any atom is 0.0931 e. The van der Waals surface area contributed by atoms with Gasteiger partial charge in [0.25, 0.3) is 0 Å². The molecule has 1 rings (SSSR count). The van der Waals surface area contributed by atoms with E-state index < -0.39 is 0 Å². The van der Waals surface area contributed by atoms with E-state index in [9.17, 15) is 5.11 Å². The number of aliphatic hydroxyl groups is 1. The lowest BCUT2D eigenvalue weighted by atomic mass is 9.66. The second-order valence-corrected chi connectivity index (χ2v) is 5.95. The van der Waals surface area contributed by atoms with E-state index in [0.29, 0.717) is 17.6 Å². The van der Waals surface area contributed by atoms with Crippen LogP contribution >= 0.6 is 0 Å². The summed E-state index contributed by atoms with van der Waals surface area (Å²) in [5.74, 6) is 1.76. The molecular weight excluding hydrogens is 210 g/mol. The van der Waals surface area contributed by atoms with E-state index >= 15 is 0 Å². The van der Waals surface area contributed by atoms with Gasteiger partial charge in [0.2, 0.25) is 0 Å². The maximum atomic E-state index is 9.75. The highest BCUT2D eigenvalue weighted by Crippen LogP contribution is 2.43. The van der Waals surface area contributed by atoms with Gasteiger partial charge in [-0.2, -0.15) is 0 Å². The maximum absolute atomic E-state index is 9.75. The van der Waals surface area contributed by atoms with Crippen LogP contribution in [-0.4, -0.2) is 30.6 Å². The lowest BCUT2D eigenvalue weighted by Gasteiger charge is -2.40. The van der Waals surface area contributed by atoms with Crippen LogP contribution in [0.25, 0.3) is 0 Å². The molecule has 0 amide bonds. The number of nitrogens with zero attached hydrogens (tertiary/aromatic N) is 1. The fourth-order valence-electron chi connectivity index (χ4n) is 3.36. The van der Waals surface area contributed by atoms with Crippen LogP contribution in [0.4, 0.5) is 0 Å². The van der Waals surface area contributed by atoms with Gasteiger partial charge >= 0.3 is 0 Å². The van der Waals surface area contributed by atoms with Crippen molar-refractivity contribution in [3.05, 3.63) is 24.0 Å². The summed E-state index contributed by atoms with van der Waals surface area (Å²) in [5, 5.41) is 9.75. The van der Waals surface area contributed by atoms with Crippen LogP contribution in [0.2, 0.25) is 0 Å². The molecule has 0 bridgehead atoms. The lowest BCUT2D eigenvalue weighted by molar-refractivity contribution is 0.131. The molecule has 1 N–H and O–H groups in total. The van der Waals surface area contributed by atoms with Crippen LogP contribution in [0.3, 0.4) is 0 Å². The molecule has 0 heterocycles. The molecule has 0 aliphatic heterocycles. The summed E-state index contributed by atoms with van der Waals surface area (Å²) in [5.41, 5.74) is 0.100. The summed E-state index contributed by atoms with van der Waals surface area (Å²) in [7, 11) is 4.25. The first-order chi connectivity index (χ1) is 7.89. The smallest absolute Gasteiger partial charge is 0.0931 e. The molecule has 2 heteroatoms. The fourth-order valence-corrected chi connectivity index (χ4v) is 3.36. The minimum Gasteiger partial charge on any atom is -0.512 e. The third-order valence-electron chi connectivity index (χ3n) is 3.95. The van der Waals surface area contributed by atoms with Gasteiger partial charge in [0.1, 0.15) is 0 Å². The lowest BCUT2D eigenvalue weighted by Crippen LogP contribution is -2.36. The third-order valence-corrected chi connectivity index (χ3v) is 3.95. The molecule has 0 saturated heterocycles. The molecule has 0 fully saturated rings. The van der Waals surface area contributed by atoms with E-state index in [1.807, 2.05) is 12.2 Å². The standard InChI is InChI=1S/C15H27NO/c1-6-14(12(2)11-16(4)5)15(3)9-7-8-13(17)10-15/h7-9,12,14,17H,6,10-11H2,1-5H3/t12-,14+,15?/m0/s1. The predicted molar refractivity (Wildman–Crippen MR) is 74.1 cm³/mol. The van der Waals surface area contributed by atoms with Crippen molar-refractivity contribution in [2.75, 3.05) is 20.6 Å². The van der Waals surface area contributed by atoms with Crippen molar-refractivity contribution in [3.63, 3.8) is 0 Å². The highest BCUT2D eigenvalue weighted by atomic mass is 16.3. The molecule has 1 aliphatic rings. The normalized spacial score (nSPS) is 28.0. The first-order valence-corrected chi connectivity index (χ1v) is 6.61. The van der Waals surface area contributed by atoms with Crippen LogP contribution in [0.1, 0.15) is 33.6 Å². The highest BCUT2D eigenvalue weighted by molar-refractivity contribution is 5.20. The molecule has 0 radical (unpaired) electrons. The Hall–Kier alpha value is -0.760. The van der Waals surface area contributed by atoms with Crippen LogP contribution in [0.15, 0.2) is 24.0 Å². The van der Waals surface area contributed by atoms with Crippen molar-refractivity contribution in [1.82, 2.24) is 4.90 Å². The Labute approximate surface area is 106 Å². The second-order valence-electron chi connectivity index (χ2n) is 5.95. The van der Waals surface area contributed by atoms with Gasteiger partial charge in [-0.3, -0.25) is 0 Å². The van der Waals surface area contributed by atoms with Gasteiger partial charge in [0, 0.05) is 13.0 Å². The van der Waals surface area contributed by atoms with E-state index in [-0.39, 0.29) is 5.41 Å². The van der Waals surface area contributed by atoms with Gasteiger partial charge in [-0.15, -0.1) is 0 Å². The van der Waals surface area contributed by atoms with Crippen molar-refractivity contribution in [1.29, 1.82) is 0 Å². The predicted octanol–water partition coefficient (Wildman–Crippen LogP) is 3.62. The molecule has 0 aromatic heterocycles. The monoisotopic (exact) mass is 237 g/mol. The van der Waals surface area contributed by atoms with Crippen molar-refractivity contribution in [2.24, 2.45) is 17.3 Å². The average Bonchev–Trinajstić information content (AvgIpc) is 2.15. The Morgan fingerprint density at radius 3 is 2.59 bits per heavy atom. The topological polar surface area (TPSA) is 23.5 Å². The molecule has 98 valence electrons. The van der Waals surface area contributed by atoms with Crippen molar-refractivity contribution < 1.29 is 5.11 Å². The number of aliphatic hydroxyl groups excluding tert-OH is 1. The van der Waals surface area contributed by atoms with Crippen molar-refractivity contribution >= 4 is 0 Å². The Morgan fingerprint density at radius 1 is 1.47 bits per heavy atom. The Morgan fingerprint density at radius 2 is 2.12 bits per heavy atom. The molecule has 17 heavy (non-hydrogen) atoms. The second kappa shape index (κ2) is 5.72. The summed E-state index contributed by atoms with van der Waals surface area (Å²) >= 11 is 0. The van der Waals surface area contributed by atoms with Gasteiger partial charge in [0.15, 0.2) is 0 Å². The summed E-state index contributed by atoms with van der Waals surface area (Å²) in [4.78, 5) is 2.25. The first-order valence-electron chi connectivity index (χ1n) is 6.61. The SMILES string of the molecule is CC[C@H]([C@@H](C)CN(C)C)C1(C)C=CC=C(O)C1. The number of rotatable bonds is 5. The summed E-state index contributed by atoms with van der Waals surface area (Å²) in [6.07, 6.45) is 8.02. The van der Waals surface area contributed by atoms with Gasteiger partial charge in [-0.05, 0) is 37.4 Å². The minimum atomic E-state index is 0.100. The zero-order valence-electron chi connectivity index (χ0n) is 11.9. The zero-order valence-corrected chi connectivity index (χ0v) is 11.9. The van der Waals surface area contributed by atoms with Gasteiger partial charge in [0.05, 0.1) is 5.76 Å². The first kappa shape index (κ1) is 14.3. The van der Waals surface area contributed by atoms with Crippen LogP contribution in [0.5, 0.6) is 0 Å². The largest absolute Gasteiger partial charge is 0.512 e. The Balaban J connectivity index is 2.80. The molecule has 1 unspecified atom stereocenters. The van der Waals surface area contributed by atoms with E-state index in [1.54, 1.807) is 0 Å². The van der Waals surface area contributed by atoms with Gasteiger partial charge < -0.3 is 10.0 Å². The molecular formula is C15H27NO. The molecule has 0 aromatic rings. The van der Waals surface area contributed by atoms with E-state index in [2.05, 4.69) is 45.8 Å². The molecule has 0 aromatic carbocycles. The fraction of sp³-hybridized carbons (Fsp3) is 0.733. The molecule has 0 saturated carbocycles. The zero-order chi connectivity index (χ0) is 13.1. The molecule has 2 nitrogen and oxygen atoms in total. The van der Waals surface area contributed by atoms with Crippen LogP contribution < -0.4 is 0 Å². The van der Waals surface area contributed by atoms with Crippen LogP contribution in [-0.2, 0) is 0 Å². The van der Waals surface area contributed by atoms with Gasteiger partial charge in [-0.1, -0.05) is 39.3 Å². The number of hydrogen-bond donors (Lipinski definition) is 1. The van der Waals surface area contributed by atoms with E-state index in [1.165, 1.54) is 0 Å². The summed E-state index contributed by atoms with van der Waals surface area (Å²) < 4.78 is 0. The average molecular weight is 237 g/mol. The van der Waals surface area contributed by atoms with Crippen molar-refractivity contribution in [2.45, 2.75) is 33.6 Å². The quantitative estimate of drug-likeness (QED) is 0.789. The van der Waals surface area contributed by atoms with E-state index in [0.717, 1.165) is 19.4 Å². The number of hydrogen-bond acceptors (Lipinski definition) is 2. The van der Waals surface area contributed by atoms with Gasteiger partial charge in [-0.25, -0.2) is 0 Å². The number of allylic oxidation sites excluding steroid dienone is 4. The molecule has 3 atom stereocenters. The Kier molecular flexibility index (Phi) is 4.81. The third kappa shape index (κ3) is 3.60. The summed E-state index contributed by atoms with van der Waals surface area (Å²) in [6.45, 7) is 7.95. The molecule has 1 aliphatic carbocycles. The van der Waals surface area contributed by atoms with E-state index in [4.69, 9.17) is 0 Å². The highest BCUT2D eigenvalue weighted by Gasteiger charge is 2.36. The Bertz CT molecular complexity index is 306. The minimum absolute atomic E-state index is 0.100. The molecule has 0 spiro atoms. The van der Waals surface area contributed by atoms with Crippen LogP contribution in [0, 0.1) is 17.3 Å². The van der Waals surface area contributed by atoms with Crippen molar-refractivity contribution in [3.8, 4) is 0 Å². The summed E-state index contributed by atoms with van der Waals surface area (Å²) in [6, 6.07) is 0.